The van der Waals surface area contributed by atoms with Gasteiger partial charge >= 0.3 is 6.09 Å². The number of primary amides is 1. The number of carboxylic acid groups (broad SMARTS) is 1. The van der Waals surface area contributed by atoms with Gasteiger partial charge in [-0.25, -0.2) is 14.2 Å². The van der Waals surface area contributed by atoms with Gasteiger partial charge < -0.3 is 34.9 Å². The fourth-order valence-corrected chi connectivity index (χ4v) is 6.52. The van der Waals surface area contributed by atoms with Crippen LogP contribution in [-0.4, -0.2) is 132 Å². The first-order valence-corrected chi connectivity index (χ1v) is 16.1. The highest BCUT2D eigenvalue weighted by Crippen LogP contribution is 2.35. The zero-order valence-corrected chi connectivity index (χ0v) is 27.4. The lowest BCUT2D eigenvalue weighted by Gasteiger charge is -2.47. The molecule has 2 aromatic rings. The van der Waals surface area contributed by atoms with Crippen LogP contribution >= 0.6 is 0 Å². The zero-order valence-electron chi connectivity index (χ0n) is 27.4. The highest BCUT2D eigenvalue weighted by molar-refractivity contribution is 5.99. The van der Waals surface area contributed by atoms with Crippen molar-refractivity contribution in [3.63, 3.8) is 0 Å². The summed E-state index contributed by atoms with van der Waals surface area (Å²) in [5.74, 6) is -1.18. The van der Waals surface area contributed by atoms with Gasteiger partial charge in [-0.3, -0.25) is 19.4 Å². The molecule has 3 N–H and O–H groups in total. The topological polar surface area (TPSA) is 151 Å². The van der Waals surface area contributed by atoms with Crippen LogP contribution < -0.4 is 15.4 Å². The molecular formula is C33H45FN6O7. The smallest absolute Gasteiger partial charge is 0.407 e. The molecule has 4 atom stereocenters. The van der Waals surface area contributed by atoms with Gasteiger partial charge in [0.2, 0.25) is 11.8 Å². The summed E-state index contributed by atoms with van der Waals surface area (Å²) in [7, 11) is 0. The van der Waals surface area contributed by atoms with Gasteiger partial charge in [-0.2, -0.15) is 0 Å². The number of hydrogen-bond donors (Lipinski definition) is 2. The first-order chi connectivity index (χ1) is 22.4. The number of carbonyl (C=O) groups is 3. The van der Waals surface area contributed by atoms with Crippen molar-refractivity contribution in [1.29, 1.82) is 0 Å². The van der Waals surface area contributed by atoms with E-state index >= 15 is 0 Å². The predicted octanol–water partition coefficient (Wildman–Crippen LogP) is 2.20. The van der Waals surface area contributed by atoms with Crippen LogP contribution in [-0.2, 0) is 20.7 Å². The summed E-state index contributed by atoms with van der Waals surface area (Å²) in [4.78, 5) is 50.7. The highest BCUT2D eigenvalue weighted by atomic mass is 19.1. The Morgan fingerprint density at radius 3 is 2.51 bits per heavy atom. The molecule has 3 aliphatic heterocycles. The number of amides is 3. The summed E-state index contributed by atoms with van der Waals surface area (Å²) in [5.41, 5.74) is 7.36. The van der Waals surface area contributed by atoms with Gasteiger partial charge in [0.05, 0.1) is 44.6 Å². The van der Waals surface area contributed by atoms with Crippen LogP contribution in [0.1, 0.15) is 49.3 Å². The predicted molar refractivity (Wildman–Crippen MR) is 171 cm³/mol. The molecule has 2 saturated heterocycles. The van der Waals surface area contributed by atoms with Crippen molar-refractivity contribution < 1.29 is 38.1 Å². The van der Waals surface area contributed by atoms with Gasteiger partial charge in [-0.05, 0) is 63.4 Å². The number of halogens is 1. The number of rotatable bonds is 10. The van der Waals surface area contributed by atoms with Crippen molar-refractivity contribution in [2.75, 3.05) is 64.1 Å². The number of nitrogens with zero attached hydrogens (tertiary/aromatic N) is 5. The van der Waals surface area contributed by atoms with Crippen LogP contribution in [0, 0.1) is 5.82 Å². The molecule has 5 rings (SSSR count). The highest BCUT2D eigenvalue weighted by Gasteiger charge is 2.40. The van der Waals surface area contributed by atoms with E-state index in [-0.39, 0.29) is 79.7 Å². The quantitative estimate of drug-likeness (QED) is 0.390. The maximum absolute atomic E-state index is 14.3. The van der Waals surface area contributed by atoms with Gasteiger partial charge in [-0.15, -0.1) is 0 Å². The van der Waals surface area contributed by atoms with Crippen LogP contribution in [0.2, 0.25) is 0 Å². The van der Waals surface area contributed by atoms with Gasteiger partial charge in [-0.1, -0.05) is 12.1 Å². The van der Waals surface area contributed by atoms with E-state index in [0.717, 1.165) is 5.56 Å². The minimum atomic E-state index is -0.990. The number of piperazine rings is 1. The first kappa shape index (κ1) is 34.5. The maximum Gasteiger partial charge on any atom is 0.407 e. The average Bonchev–Trinajstić information content (AvgIpc) is 3.02. The molecule has 256 valence electrons. The molecule has 14 heteroatoms. The van der Waals surface area contributed by atoms with Gasteiger partial charge in [0.1, 0.15) is 23.8 Å². The summed E-state index contributed by atoms with van der Waals surface area (Å²) in [6, 6.07) is 6.70. The van der Waals surface area contributed by atoms with Gasteiger partial charge in [0, 0.05) is 38.3 Å². The van der Waals surface area contributed by atoms with Crippen LogP contribution in [0.4, 0.5) is 14.9 Å². The van der Waals surface area contributed by atoms with E-state index < -0.39 is 12.0 Å². The van der Waals surface area contributed by atoms with Crippen molar-refractivity contribution in [1.82, 2.24) is 19.7 Å². The number of hydrogen-bond acceptors (Lipinski definition) is 9. The van der Waals surface area contributed by atoms with E-state index in [4.69, 9.17) is 19.9 Å². The molecule has 0 saturated carbocycles. The normalized spacial score (nSPS) is 23.8. The molecule has 0 aliphatic carbocycles. The molecule has 4 heterocycles. The number of fused-ring (bicyclic) bond motifs is 1. The van der Waals surface area contributed by atoms with E-state index in [1.54, 1.807) is 23.1 Å². The van der Waals surface area contributed by atoms with Crippen molar-refractivity contribution in [3.8, 4) is 5.88 Å². The van der Waals surface area contributed by atoms with E-state index in [1.165, 1.54) is 17.0 Å². The number of pyridine rings is 1. The largest absolute Gasteiger partial charge is 0.474 e. The number of nitrogens with two attached hydrogens (primary N) is 1. The van der Waals surface area contributed by atoms with E-state index in [9.17, 15) is 23.9 Å². The third kappa shape index (κ3) is 8.18. The standard InChI is InChI=1S/C33H45FN6O7/c1-20(2)46-19-27-18-45-10-9-37(27)14-26-15-39(33(43)44)21(3)13-38(26)16-29(41)40-22(4)17-47-32-28(40)12-24(30(36-32)31(35)42)11-23-5-7-25(34)8-6-23/h5-8,12,20-22,26-27H,9-11,13-19H2,1-4H3,(H2,35,42)(H,43,44)/t21-,22+,26+,27+/m1/s1. The number of benzene rings is 1. The summed E-state index contributed by atoms with van der Waals surface area (Å²) in [5, 5.41) is 9.96. The second-order valence-electron chi connectivity index (χ2n) is 12.9. The van der Waals surface area contributed by atoms with Crippen molar-refractivity contribution in [2.45, 2.75) is 64.4 Å². The Morgan fingerprint density at radius 2 is 1.83 bits per heavy atom. The lowest BCUT2D eigenvalue weighted by atomic mass is 10.0. The number of anilines is 1. The monoisotopic (exact) mass is 656 g/mol. The fraction of sp³-hybridized carbons (Fsp3) is 0.576. The Hall–Kier alpha value is -3.85. The molecule has 0 spiro atoms. The molecular weight excluding hydrogens is 611 g/mol. The lowest BCUT2D eigenvalue weighted by molar-refractivity contribution is -0.122. The third-order valence-corrected chi connectivity index (χ3v) is 8.97. The molecule has 0 bridgehead atoms. The summed E-state index contributed by atoms with van der Waals surface area (Å²) in [6.45, 7) is 11.3. The van der Waals surface area contributed by atoms with Gasteiger partial charge in [0.15, 0.2) is 0 Å². The molecule has 2 fully saturated rings. The summed E-state index contributed by atoms with van der Waals surface area (Å²) >= 11 is 0. The number of ether oxygens (including phenoxy) is 3. The van der Waals surface area contributed by atoms with E-state index in [0.29, 0.717) is 50.7 Å². The second kappa shape index (κ2) is 14.9. The number of aromatic nitrogens is 1. The Balaban J connectivity index is 1.41. The van der Waals surface area contributed by atoms with Crippen molar-refractivity contribution >= 4 is 23.6 Å². The van der Waals surface area contributed by atoms with Crippen LogP contribution in [0.5, 0.6) is 5.88 Å². The summed E-state index contributed by atoms with van der Waals surface area (Å²) < 4.78 is 31.1. The molecule has 1 aromatic heterocycles. The van der Waals surface area contributed by atoms with Crippen LogP contribution in [0.3, 0.4) is 0 Å². The van der Waals surface area contributed by atoms with E-state index in [2.05, 4.69) is 14.8 Å². The molecule has 3 amide bonds. The minimum Gasteiger partial charge on any atom is -0.474 e. The molecule has 3 aliphatic rings. The second-order valence-corrected chi connectivity index (χ2v) is 12.9. The molecule has 13 nitrogen and oxygen atoms in total. The zero-order chi connectivity index (χ0) is 33.8. The van der Waals surface area contributed by atoms with E-state index in [1.807, 2.05) is 27.7 Å². The van der Waals surface area contributed by atoms with Gasteiger partial charge in [0.25, 0.3) is 5.91 Å². The van der Waals surface area contributed by atoms with Crippen LogP contribution in [0.15, 0.2) is 30.3 Å². The molecule has 1 aromatic carbocycles. The first-order valence-electron chi connectivity index (χ1n) is 16.1. The van der Waals surface area contributed by atoms with Crippen molar-refractivity contribution in [2.24, 2.45) is 5.73 Å². The third-order valence-electron chi connectivity index (χ3n) is 8.97. The Bertz CT molecular complexity index is 1440. The minimum absolute atomic E-state index is 0.0116. The van der Waals surface area contributed by atoms with Crippen LogP contribution in [0.25, 0.3) is 0 Å². The summed E-state index contributed by atoms with van der Waals surface area (Å²) in [6.07, 6.45) is -0.683. The Morgan fingerprint density at radius 1 is 1.09 bits per heavy atom. The molecule has 0 unspecified atom stereocenters. The lowest BCUT2D eigenvalue weighted by Crippen LogP contribution is -2.64. The Kier molecular flexibility index (Phi) is 11.0. The maximum atomic E-state index is 14.3. The van der Waals surface area contributed by atoms with Crippen molar-refractivity contribution in [3.05, 3.63) is 53.0 Å². The molecule has 47 heavy (non-hydrogen) atoms. The Labute approximate surface area is 274 Å². The number of carbonyl (C=O) groups excluding carboxylic acids is 2. The fourth-order valence-electron chi connectivity index (χ4n) is 6.52. The SMILES string of the molecule is CC(C)OC[C@@H]1COCCN1C[C@H]1CN(C(=O)O)[C@H](C)CN1CC(=O)N1c2cc(Cc3ccc(F)cc3)c(C(N)=O)nc2OC[C@@H]1C. The molecule has 0 radical (unpaired) electrons. The average molecular weight is 657 g/mol. The number of morpholine rings is 1.